The first-order valence-corrected chi connectivity index (χ1v) is 11.5. The van der Waals surface area contributed by atoms with Gasteiger partial charge in [0.2, 0.25) is 0 Å². The van der Waals surface area contributed by atoms with Crippen molar-refractivity contribution in [2.75, 3.05) is 5.32 Å². The predicted molar refractivity (Wildman–Crippen MR) is 135 cm³/mol. The second kappa shape index (κ2) is 10.6. The number of carbonyl (C=O) groups excluding carboxylic acids is 1. The van der Waals surface area contributed by atoms with Gasteiger partial charge in [-0.25, -0.2) is 9.97 Å². The molecule has 0 aliphatic carbocycles. The highest BCUT2D eigenvalue weighted by atomic mass is 35.5. The fraction of sp³-hybridized carbons (Fsp3) is 0.154. The number of fused-ring (bicyclic) bond motifs is 1. The van der Waals surface area contributed by atoms with Crippen LogP contribution in [-0.2, 0) is 11.2 Å². The summed E-state index contributed by atoms with van der Waals surface area (Å²) < 4.78 is 0. The molecule has 0 radical (unpaired) electrons. The number of rotatable bonds is 8. The number of hydrogen-bond acceptors (Lipinski definition) is 4. The number of amides is 1. The molecule has 4 aromatic rings. The molecule has 0 fully saturated rings. The molecule has 172 valence electrons. The molecular weight excluding hydrogens is 473 g/mol. The van der Waals surface area contributed by atoms with Crippen molar-refractivity contribution in [3.8, 4) is 11.3 Å². The van der Waals surface area contributed by atoms with Crippen molar-refractivity contribution < 1.29 is 14.7 Å². The van der Waals surface area contributed by atoms with Crippen molar-refractivity contribution in [2.24, 2.45) is 0 Å². The average molecular weight is 494 g/mol. The van der Waals surface area contributed by atoms with Gasteiger partial charge in [-0.05, 0) is 55.7 Å². The maximum Gasteiger partial charge on any atom is 0.303 e. The minimum Gasteiger partial charge on any atom is -0.481 e. The van der Waals surface area contributed by atoms with Crippen LogP contribution in [0.5, 0.6) is 0 Å². The number of unbranched alkanes of at least 4 members (excludes halogenated alkanes) is 1. The van der Waals surface area contributed by atoms with E-state index < -0.39 is 5.97 Å². The molecule has 0 aliphatic rings. The first-order valence-electron chi connectivity index (χ1n) is 10.7. The Bertz CT molecular complexity index is 1360. The van der Waals surface area contributed by atoms with E-state index in [9.17, 15) is 9.59 Å². The number of halogens is 2. The molecule has 2 N–H and O–H groups in total. The number of carboxylic acid groups (broad SMARTS) is 1. The third-order valence-electron chi connectivity index (χ3n) is 5.28. The van der Waals surface area contributed by atoms with Crippen LogP contribution in [0.25, 0.3) is 22.3 Å². The molecule has 34 heavy (non-hydrogen) atoms. The first kappa shape index (κ1) is 23.7. The van der Waals surface area contributed by atoms with E-state index in [1.165, 1.54) is 6.07 Å². The molecule has 0 unspecified atom stereocenters. The molecule has 1 amide bonds. The Morgan fingerprint density at radius 1 is 0.853 bits per heavy atom. The Balaban J connectivity index is 1.63. The molecule has 0 spiro atoms. The summed E-state index contributed by atoms with van der Waals surface area (Å²) in [5.74, 6) is -1.13. The van der Waals surface area contributed by atoms with Crippen LogP contribution in [-0.4, -0.2) is 27.0 Å². The van der Waals surface area contributed by atoms with Gasteiger partial charge < -0.3 is 10.4 Å². The molecule has 4 rings (SSSR count). The minimum atomic E-state index is -0.810. The Hall–Kier alpha value is -3.48. The highest BCUT2D eigenvalue weighted by molar-refractivity contribution is 6.42. The van der Waals surface area contributed by atoms with Gasteiger partial charge in [-0.15, -0.1) is 0 Å². The molecule has 3 aromatic carbocycles. The summed E-state index contributed by atoms with van der Waals surface area (Å²) >= 11 is 12.0. The third kappa shape index (κ3) is 5.71. The van der Waals surface area contributed by atoms with E-state index in [0.29, 0.717) is 51.6 Å². The van der Waals surface area contributed by atoms with Crippen LogP contribution < -0.4 is 5.32 Å². The second-order valence-corrected chi connectivity index (χ2v) is 8.59. The molecule has 1 aromatic heterocycles. The van der Waals surface area contributed by atoms with Crippen molar-refractivity contribution >= 4 is 51.8 Å². The molecule has 0 atom stereocenters. The highest BCUT2D eigenvalue weighted by Crippen LogP contribution is 2.27. The van der Waals surface area contributed by atoms with E-state index >= 15 is 0 Å². The smallest absolute Gasteiger partial charge is 0.303 e. The monoisotopic (exact) mass is 493 g/mol. The van der Waals surface area contributed by atoms with Crippen molar-refractivity contribution in [3.05, 3.63) is 88.0 Å². The Morgan fingerprint density at radius 2 is 1.65 bits per heavy atom. The standard InChI is InChI=1S/C26H21Cl2N3O3/c27-19-12-10-17(14-20(19)28)26(34)29-18-11-13-21-23(15-18)30-22(8-4-5-9-24(32)33)25(31-21)16-6-2-1-3-7-16/h1-3,6-7,10-15H,4-5,8-9H2,(H,29,34)(H,32,33). The van der Waals surface area contributed by atoms with Gasteiger partial charge in [0.25, 0.3) is 5.91 Å². The maximum atomic E-state index is 12.7. The van der Waals surface area contributed by atoms with Crippen molar-refractivity contribution in [1.82, 2.24) is 9.97 Å². The SMILES string of the molecule is O=C(O)CCCCc1nc2cc(NC(=O)c3ccc(Cl)c(Cl)c3)ccc2nc1-c1ccccc1. The summed E-state index contributed by atoms with van der Waals surface area (Å²) in [5, 5.41) is 12.5. The summed E-state index contributed by atoms with van der Waals surface area (Å²) in [6.07, 6.45) is 1.95. The maximum absolute atomic E-state index is 12.7. The van der Waals surface area contributed by atoms with Gasteiger partial charge in [0.05, 0.1) is 32.5 Å². The molecule has 0 aliphatic heterocycles. The zero-order valence-electron chi connectivity index (χ0n) is 18.1. The summed E-state index contributed by atoms with van der Waals surface area (Å²) in [7, 11) is 0. The normalized spacial score (nSPS) is 10.9. The molecule has 6 nitrogen and oxygen atoms in total. The lowest BCUT2D eigenvalue weighted by Gasteiger charge is -2.12. The molecule has 0 saturated heterocycles. The number of nitrogens with one attached hydrogen (secondary N) is 1. The zero-order chi connectivity index (χ0) is 24.1. The fourth-order valence-electron chi connectivity index (χ4n) is 3.58. The van der Waals surface area contributed by atoms with Crippen LogP contribution in [0.1, 0.15) is 35.3 Å². The van der Waals surface area contributed by atoms with Crippen molar-refractivity contribution in [3.63, 3.8) is 0 Å². The molecule has 8 heteroatoms. The van der Waals surface area contributed by atoms with E-state index in [4.69, 9.17) is 38.3 Å². The highest BCUT2D eigenvalue weighted by Gasteiger charge is 2.13. The molecular formula is C26H21Cl2N3O3. The number of anilines is 1. The van der Waals surface area contributed by atoms with Gasteiger partial charge in [-0.2, -0.15) is 0 Å². The van der Waals surface area contributed by atoms with Gasteiger partial charge in [0, 0.05) is 23.2 Å². The second-order valence-electron chi connectivity index (χ2n) is 7.77. The van der Waals surface area contributed by atoms with Crippen LogP contribution in [0.3, 0.4) is 0 Å². The lowest BCUT2D eigenvalue weighted by molar-refractivity contribution is -0.137. The van der Waals surface area contributed by atoms with Gasteiger partial charge >= 0.3 is 5.97 Å². The van der Waals surface area contributed by atoms with Crippen molar-refractivity contribution in [1.29, 1.82) is 0 Å². The van der Waals surface area contributed by atoms with Crippen LogP contribution >= 0.6 is 23.2 Å². The van der Waals surface area contributed by atoms with Gasteiger partial charge in [0.1, 0.15) is 0 Å². The molecule has 0 bridgehead atoms. The van der Waals surface area contributed by atoms with E-state index in [0.717, 1.165) is 17.0 Å². The van der Waals surface area contributed by atoms with Crippen LogP contribution in [0.4, 0.5) is 5.69 Å². The third-order valence-corrected chi connectivity index (χ3v) is 6.02. The van der Waals surface area contributed by atoms with Crippen LogP contribution in [0.15, 0.2) is 66.7 Å². The lowest BCUT2D eigenvalue weighted by Crippen LogP contribution is -2.12. The van der Waals surface area contributed by atoms with E-state index in [1.54, 1.807) is 24.3 Å². The predicted octanol–water partition coefficient (Wildman–Crippen LogP) is 6.65. The fourth-order valence-corrected chi connectivity index (χ4v) is 3.88. The summed E-state index contributed by atoms with van der Waals surface area (Å²) in [6, 6.07) is 19.8. The minimum absolute atomic E-state index is 0.118. The number of aromatic nitrogens is 2. The summed E-state index contributed by atoms with van der Waals surface area (Å²) in [5.41, 5.74) is 4.80. The van der Waals surface area contributed by atoms with Gasteiger partial charge in [0.15, 0.2) is 0 Å². The van der Waals surface area contributed by atoms with E-state index in [1.807, 2.05) is 36.4 Å². The quantitative estimate of drug-likeness (QED) is 0.268. The summed E-state index contributed by atoms with van der Waals surface area (Å²) in [4.78, 5) is 33.2. The van der Waals surface area contributed by atoms with Crippen LogP contribution in [0, 0.1) is 0 Å². The zero-order valence-corrected chi connectivity index (χ0v) is 19.6. The number of nitrogens with zero attached hydrogens (tertiary/aromatic N) is 2. The Kier molecular flexibility index (Phi) is 7.40. The topological polar surface area (TPSA) is 92.2 Å². The van der Waals surface area contributed by atoms with Gasteiger partial charge in [-0.3, -0.25) is 9.59 Å². The number of carbonyl (C=O) groups is 2. The summed E-state index contributed by atoms with van der Waals surface area (Å²) in [6.45, 7) is 0. The lowest BCUT2D eigenvalue weighted by atomic mass is 10.0. The number of hydrogen-bond donors (Lipinski definition) is 2. The van der Waals surface area contributed by atoms with Crippen molar-refractivity contribution in [2.45, 2.75) is 25.7 Å². The van der Waals surface area contributed by atoms with Crippen LogP contribution in [0.2, 0.25) is 10.0 Å². The molecule has 1 heterocycles. The van der Waals surface area contributed by atoms with E-state index in [2.05, 4.69) is 5.32 Å². The molecule has 0 saturated carbocycles. The average Bonchev–Trinajstić information content (AvgIpc) is 2.83. The van der Waals surface area contributed by atoms with Gasteiger partial charge in [-0.1, -0.05) is 53.5 Å². The number of carboxylic acids is 1. The van der Waals surface area contributed by atoms with E-state index in [-0.39, 0.29) is 12.3 Å². The Morgan fingerprint density at radius 3 is 2.38 bits per heavy atom. The first-order chi connectivity index (χ1) is 16.4. The number of aryl methyl sites for hydroxylation is 1. The number of aliphatic carboxylic acids is 1. The number of benzene rings is 3. The Labute approximate surface area is 206 Å². The largest absolute Gasteiger partial charge is 0.481 e.